The molecule has 2 atom stereocenters. The molecule has 88 valence electrons. The van der Waals surface area contributed by atoms with Crippen LogP contribution in [0.3, 0.4) is 0 Å². The van der Waals surface area contributed by atoms with Gasteiger partial charge in [0.1, 0.15) is 0 Å². The number of likely N-dealkylation sites (N-methyl/N-ethyl adjacent to an activating group) is 1. The summed E-state index contributed by atoms with van der Waals surface area (Å²) in [4.78, 5) is 13.0. The van der Waals surface area contributed by atoms with Crippen LogP contribution in [0.1, 0.15) is 26.7 Å². The Labute approximate surface area is 91.2 Å². The van der Waals surface area contributed by atoms with Gasteiger partial charge in [-0.15, -0.1) is 0 Å². The number of ether oxygens (including phenoxy) is 1. The molecule has 1 aliphatic rings. The molecule has 4 nitrogen and oxygen atoms in total. The van der Waals surface area contributed by atoms with E-state index in [9.17, 15) is 4.79 Å². The van der Waals surface area contributed by atoms with Crippen LogP contribution in [0.4, 0.5) is 0 Å². The summed E-state index contributed by atoms with van der Waals surface area (Å²) in [6.07, 6.45) is 2.21. The summed E-state index contributed by atoms with van der Waals surface area (Å²) in [5.41, 5.74) is 0. The zero-order valence-corrected chi connectivity index (χ0v) is 9.61. The Kier molecular flexibility index (Phi) is 5.05. The highest BCUT2D eigenvalue weighted by Gasteiger charge is 2.23. The number of carboxylic acids is 1. The normalized spacial score (nSPS) is 24.1. The highest BCUT2D eigenvalue weighted by molar-refractivity contribution is 5.69. The third-order valence-corrected chi connectivity index (χ3v) is 2.99. The van der Waals surface area contributed by atoms with E-state index in [1.807, 2.05) is 0 Å². The summed E-state index contributed by atoms with van der Waals surface area (Å²) < 4.78 is 5.42. The summed E-state index contributed by atoms with van der Waals surface area (Å²) in [5, 5.41) is 8.87. The summed E-state index contributed by atoms with van der Waals surface area (Å²) in [5.74, 6) is -1.02. The van der Waals surface area contributed by atoms with Gasteiger partial charge in [-0.25, -0.2) is 0 Å². The number of hydrogen-bond donors (Lipinski definition) is 1. The Hall–Kier alpha value is -0.610. The topological polar surface area (TPSA) is 49.8 Å². The first kappa shape index (κ1) is 12.5. The minimum atomic E-state index is -0.717. The quantitative estimate of drug-likeness (QED) is 0.749. The Balaban J connectivity index is 2.43. The molecule has 15 heavy (non-hydrogen) atoms. The van der Waals surface area contributed by atoms with Crippen LogP contribution < -0.4 is 0 Å². The van der Waals surface area contributed by atoms with E-state index in [0.29, 0.717) is 12.6 Å². The van der Waals surface area contributed by atoms with Crippen molar-refractivity contribution in [2.75, 3.05) is 26.3 Å². The molecular weight excluding hydrogens is 194 g/mol. The van der Waals surface area contributed by atoms with Crippen LogP contribution in [-0.4, -0.2) is 48.3 Å². The van der Waals surface area contributed by atoms with E-state index in [2.05, 4.69) is 11.8 Å². The smallest absolute Gasteiger partial charge is 0.307 e. The number of rotatable bonds is 5. The lowest BCUT2D eigenvalue weighted by molar-refractivity contribution is -0.142. The second-order valence-electron chi connectivity index (χ2n) is 4.20. The van der Waals surface area contributed by atoms with Gasteiger partial charge in [0.15, 0.2) is 0 Å². The second kappa shape index (κ2) is 6.08. The van der Waals surface area contributed by atoms with E-state index in [0.717, 1.165) is 32.6 Å². The lowest BCUT2D eigenvalue weighted by atomic mass is 10.1. The molecule has 0 aromatic rings. The number of aliphatic carboxylic acids is 1. The van der Waals surface area contributed by atoms with Crippen LogP contribution in [0, 0.1) is 5.92 Å². The zero-order valence-electron chi connectivity index (χ0n) is 9.61. The summed E-state index contributed by atoms with van der Waals surface area (Å²) >= 11 is 0. The van der Waals surface area contributed by atoms with Crippen LogP contribution in [0.15, 0.2) is 0 Å². The number of carboxylic acid groups (broad SMARTS) is 1. The van der Waals surface area contributed by atoms with Crippen molar-refractivity contribution in [1.82, 2.24) is 4.90 Å². The van der Waals surface area contributed by atoms with Crippen molar-refractivity contribution in [3.05, 3.63) is 0 Å². The Morgan fingerprint density at radius 2 is 2.40 bits per heavy atom. The number of hydrogen-bond acceptors (Lipinski definition) is 3. The first-order chi connectivity index (χ1) is 7.15. The molecular formula is C11H21NO3. The van der Waals surface area contributed by atoms with Gasteiger partial charge in [-0.1, -0.05) is 13.8 Å². The van der Waals surface area contributed by atoms with Crippen molar-refractivity contribution in [3.63, 3.8) is 0 Å². The molecule has 0 radical (unpaired) electrons. The highest BCUT2D eigenvalue weighted by atomic mass is 16.5. The van der Waals surface area contributed by atoms with Gasteiger partial charge in [0, 0.05) is 19.2 Å². The lowest BCUT2D eigenvalue weighted by Crippen LogP contribution is -2.44. The summed E-state index contributed by atoms with van der Waals surface area (Å²) in [7, 11) is 0. The average Bonchev–Trinajstić information content (AvgIpc) is 2.26. The first-order valence-electron chi connectivity index (χ1n) is 5.69. The van der Waals surface area contributed by atoms with Crippen LogP contribution in [0.25, 0.3) is 0 Å². The van der Waals surface area contributed by atoms with Gasteiger partial charge < -0.3 is 9.84 Å². The van der Waals surface area contributed by atoms with Crippen molar-refractivity contribution in [2.45, 2.75) is 32.7 Å². The maximum Gasteiger partial charge on any atom is 0.307 e. The molecule has 1 rings (SSSR count). The largest absolute Gasteiger partial charge is 0.481 e. The Morgan fingerprint density at radius 1 is 1.67 bits per heavy atom. The molecule has 0 bridgehead atoms. The predicted octanol–water partition coefficient (Wildman–Crippen LogP) is 1.21. The van der Waals surface area contributed by atoms with E-state index in [1.54, 1.807) is 6.92 Å². The van der Waals surface area contributed by atoms with E-state index in [1.165, 1.54) is 0 Å². The van der Waals surface area contributed by atoms with E-state index < -0.39 is 5.97 Å². The molecule has 1 heterocycles. The van der Waals surface area contributed by atoms with Crippen molar-refractivity contribution in [1.29, 1.82) is 0 Å². The third-order valence-electron chi connectivity index (χ3n) is 2.99. The molecule has 0 spiro atoms. The van der Waals surface area contributed by atoms with E-state index >= 15 is 0 Å². The molecule has 0 amide bonds. The van der Waals surface area contributed by atoms with Gasteiger partial charge in [0.2, 0.25) is 0 Å². The minimum Gasteiger partial charge on any atom is -0.481 e. The molecule has 1 saturated heterocycles. The van der Waals surface area contributed by atoms with Crippen molar-refractivity contribution in [2.24, 2.45) is 5.92 Å². The monoisotopic (exact) mass is 215 g/mol. The number of nitrogens with zero attached hydrogens (tertiary/aromatic N) is 1. The van der Waals surface area contributed by atoms with E-state index in [-0.39, 0.29) is 5.92 Å². The van der Waals surface area contributed by atoms with Crippen LogP contribution in [0.5, 0.6) is 0 Å². The molecule has 2 unspecified atom stereocenters. The average molecular weight is 215 g/mol. The third kappa shape index (κ3) is 3.80. The van der Waals surface area contributed by atoms with Crippen molar-refractivity contribution >= 4 is 5.97 Å². The van der Waals surface area contributed by atoms with Gasteiger partial charge in [-0.05, 0) is 19.4 Å². The van der Waals surface area contributed by atoms with Gasteiger partial charge in [0.25, 0.3) is 0 Å². The number of carbonyl (C=O) groups is 1. The SMILES string of the molecule is CCN(CC(C)C(=O)O)C1CCCOC1. The van der Waals surface area contributed by atoms with Crippen molar-refractivity contribution < 1.29 is 14.6 Å². The highest BCUT2D eigenvalue weighted by Crippen LogP contribution is 2.14. The Morgan fingerprint density at radius 3 is 2.87 bits per heavy atom. The first-order valence-corrected chi connectivity index (χ1v) is 5.69. The molecule has 1 N–H and O–H groups in total. The Bertz CT molecular complexity index is 202. The zero-order chi connectivity index (χ0) is 11.3. The molecule has 0 aromatic heterocycles. The predicted molar refractivity (Wildman–Crippen MR) is 57.9 cm³/mol. The fraction of sp³-hybridized carbons (Fsp3) is 0.909. The fourth-order valence-electron chi connectivity index (χ4n) is 1.98. The van der Waals surface area contributed by atoms with E-state index in [4.69, 9.17) is 9.84 Å². The van der Waals surface area contributed by atoms with Gasteiger partial charge in [-0.2, -0.15) is 0 Å². The molecule has 0 aliphatic carbocycles. The fourth-order valence-corrected chi connectivity index (χ4v) is 1.98. The standard InChI is InChI=1S/C11H21NO3/c1-3-12(7-9(2)11(13)14)10-5-4-6-15-8-10/h9-10H,3-8H2,1-2H3,(H,13,14). The minimum absolute atomic E-state index is 0.299. The molecule has 0 saturated carbocycles. The molecule has 1 aliphatic heterocycles. The summed E-state index contributed by atoms with van der Waals surface area (Å²) in [6.45, 7) is 6.95. The molecule has 1 fully saturated rings. The van der Waals surface area contributed by atoms with Crippen LogP contribution >= 0.6 is 0 Å². The van der Waals surface area contributed by atoms with Gasteiger partial charge in [-0.3, -0.25) is 9.69 Å². The molecule has 4 heteroatoms. The summed E-state index contributed by atoms with van der Waals surface area (Å²) in [6, 6.07) is 0.408. The second-order valence-corrected chi connectivity index (χ2v) is 4.20. The maximum atomic E-state index is 10.8. The van der Waals surface area contributed by atoms with Gasteiger partial charge >= 0.3 is 5.97 Å². The van der Waals surface area contributed by atoms with Crippen LogP contribution in [0.2, 0.25) is 0 Å². The van der Waals surface area contributed by atoms with Crippen molar-refractivity contribution in [3.8, 4) is 0 Å². The maximum absolute atomic E-state index is 10.8. The van der Waals surface area contributed by atoms with Crippen LogP contribution in [-0.2, 0) is 9.53 Å². The molecule has 0 aromatic carbocycles. The lowest BCUT2D eigenvalue weighted by Gasteiger charge is -2.34. The van der Waals surface area contributed by atoms with Gasteiger partial charge in [0.05, 0.1) is 12.5 Å².